The van der Waals surface area contributed by atoms with E-state index in [4.69, 9.17) is 4.99 Å². The maximum Gasteiger partial charge on any atom is 0.258 e. The van der Waals surface area contributed by atoms with Crippen molar-refractivity contribution < 1.29 is 0 Å². The molecule has 0 radical (unpaired) electrons. The van der Waals surface area contributed by atoms with Crippen molar-refractivity contribution in [1.82, 2.24) is 4.57 Å². The van der Waals surface area contributed by atoms with Crippen LogP contribution in [0.5, 0.6) is 0 Å². The summed E-state index contributed by atoms with van der Waals surface area (Å²) in [4.78, 5) is 19.2. The van der Waals surface area contributed by atoms with Crippen molar-refractivity contribution in [2.75, 3.05) is 0 Å². The van der Waals surface area contributed by atoms with Crippen LogP contribution in [0.25, 0.3) is 16.1 Å². The number of hydrogen-bond acceptors (Lipinski definition) is 3. The summed E-state index contributed by atoms with van der Waals surface area (Å²) in [6.45, 7) is 0. The molecule has 126 valence electrons. The van der Waals surface area contributed by atoms with Gasteiger partial charge in [0.25, 0.3) is 5.56 Å². The van der Waals surface area contributed by atoms with Crippen LogP contribution in [0, 0.1) is 0 Å². The summed E-state index contributed by atoms with van der Waals surface area (Å²) in [6, 6.07) is 30.9. The van der Waals surface area contributed by atoms with Crippen LogP contribution in [0.2, 0.25) is 0 Å². The normalized spacial score (nSPS) is 11.5. The summed E-state index contributed by atoms with van der Waals surface area (Å²) in [5, 5.41) is 0. The summed E-state index contributed by atoms with van der Waals surface area (Å²) in [7, 11) is 0. The molecule has 0 atom stereocenters. The fourth-order valence-corrected chi connectivity index (χ4v) is 3.74. The van der Waals surface area contributed by atoms with Crippen LogP contribution in [0.4, 0.5) is 5.69 Å². The summed E-state index contributed by atoms with van der Waals surface area (Å²) in [6.07, 6.45) is 0. The van der Waals surface area contributed by atoms with Gasteiger partial charge in [-0.3, -0.25) is 9.36 Å². The van der Waals surface area contributed by atoms with E-state index in [1.165, 1.54) is 11.3 Å². The predicted octanol–water partition coefficient (Wildman–Crippen LogP) is 4.80. The highest BCUT2D eigenvalue weighted by atomic mass is 32.1. The van der Waals surface area contributed by atoms with Gasteiger partial charge in [-0.05, 0) is 29.8 Å². The van der Waals surface area contributed by atoms with Crippen molar-refractivity contribution in [2.24, 2.45) is 4.99 Å². The average molecular weight is 356 g/mol. The van der Waals surface area contributed by atoms with Crippen molar-refractivity contribution in [3.8, 4) is 16.1 Å². The molecule has 0 fully saturated rings. The van der Waals surface area contributed by atoms with Gasteiger partial charge >= 0.3 is 0 Å². The topological polar surface area (TPSA) is 34.4 Å². The van der Waals surface area contributed by atoms with E-state index in [-0.39, 0.29) is 5.56 Å². The van der Waals surface area contributed by atoms with Gasteiger partial charge in [0, 0.05) is 10.9 Å². The van der Waals surface area contributed by atoms with Gasteiger partial charge in [-0.2, -0.15) is 0 Å². The Bertz CT molecular complexity index is 1130. The molecule has 3 aromatic carbocycles. The third-order valence-corrected chi connectivity index (χ3v) is 4.95. The monoisotopic (exact) mass is 356 g/mol. The van der Waals surface area contributed by atoms with Crippen LogP contribution < -0.4 is 10.4 Å². The van der Waals surface area contributed by atoms with Gasteiger partial charge in [0.2, 0.25) is 0 Å². The van der Waals surface area contributed by atoms with Gasteiger partial charge in [-0.25, -0.2) is 4.99 Å². The molecule has 0 saturated carbocycles. The summed E-state index contributed by atoms with van der Waals surface area (Å²) in [5.74, 6) is 0. The second kappa shape index (κ2) is 7.33. The molecule has 1 heterocycles. The van der Waals surface area contributed by atoms with Crippen LogP contribution in [0.3, 0.4) is 0 Å². The van der Waals surface area contributed by atoms with E-state index in [2.05, 4.69) is 0 Å². The first kappa shape index (κ1) is 16.2. The highest BCUT2D eigenvalue weighted by Gasteiger charge is 2.08. The van der Waals surface area contributed by atoms with Crippen molar-refractivity contribution in [3.05, 3.63) is 112 Å². The third kappa shape index (κ3) is 3.41. The SMILES string of the molecule is O=c1cc(-c2ccccc2)sc(=Nc2ccccc2)n1-c1ccccc1. The smallest absolute Gasteiger partial charge is 0.258 e. The maximum atomic E-state index is 12.9. The zero-order chi connectivity index (χ0) is 17.8. The lowest BCUT2D eigenvalue weighted by Crippen LogP contribution is -2.29. The van der Waals surface area contributed by atoms with Gasteiger partial charge in [0.05, 0.1) is 11.4 Å². The standard InChI is InChI=1S/C22H16N2OS/c25-21-16-20(17-10-4-1-5-11-17)26-22(23-18-12-6-2-7-13-18)24(21)19-14-8-3-9-15-19/h1-16H. The van der Waals surface area contributed by atoms with Crippen molar-refractivity contribution >= 4 is 17.0 Å². The van der Waals surface area contributed by atoms with E-state index in [1.807, 2.05) is 91.0 Å². The Morgan fingerprint density at radius 2 is 1.31 bits per heavy atom. The second-order valence-corrected chi connectivity index (χ2v) is 6.72. The first-order valence-corrected chi connectivity index (χ1v) is 9.11. The number of benzene rings is 3. The fourth-order valence-electron chi connectivity index (χ4n) is 2.69. The molecule has 0 N–H and O–H groups in total. The van der Waals surface area contributed by atoms with Gasteiger partial charge in [-0.15, -0.1) is 0 Å². The van der Waals surface area contributed by atoms with E-state index in [9.17, 15) is 4.79 Å². The molecule has 0 aliphatic carbocycles. The Labute approximate surface area is 155 Å². The molecule has 0 spiro atoms. The molecule has 1 aromatic heterocycles. The molecule has 26 heavy (non-hydrogen) atoms. The minimum atomic E-state index is -0.0940. The largest absolute Gasteiger partial charge is 0.269 e. The molecule has 3 nitrogen and oxygen atoms in total. The molecule has 0 saturated heterocycles. The molecule has 4 heteroatoms. The number of para-hydroxylation sites is 2. The molecular weight excluding hydrogens is 340 g/mol. The third-order valence-electron chi connectivity index (χ3n) is 3.92. The highest BCUT2D eigenvalue weighted by molar-refractivity contribution is 7.12. The molecular formula is C22H16N2OS. The van der Waals surface area contributed by atoms with Crippen molar-refractivity contribution in [3.63, 3.8) is 0 Å². The van der Waals surface area contributed by atoms with Crippen LogP contribution in [0.15, 0.2) is 107 Å². The predicted molar refractivity (Wildman–Crippen MR) is 107 cm³/mol. The zero-order valence-electron chi connectivity index (χ0n) is 13.9. The molecule has 0 unspecified atom stereocenters. The lowest BCUT2D eigenvalue weighted by molar-refractivity contribution is 0.944. The van der Waals surface area contributed by atoms with E-state index in [1.54, 1.807) is 10.6 Å². The van der Waals surface area contributed by atoms with Crippen LogP contribution >= 0.6 is 11.3 Å². The molecule has 0 bridgehead atoms. The number of aromatic nitrogens is 1. The Kier molecular flexibility index (Phi) is 4.58. The maximum absolute atomic E-state index is 12.9. The lowest BCUT2D eigenvalue weighted by atomic mass is 10.2. The molecule has 4 aromatic rings. The number of nitrogens with zero attached hydrogens (tertiary/aromatic N) is 2. The van der Waals surface area contributed by atoms with Gasteiger partial charge in [0.15, 0.2) is 4.80 Å². The molecule has 4 rings (SSSR count). The molecule has 0 amide bonds. The average Bonchev–Trinajstić information content (AvgIpc) is 2.70. The van der Waals surface area contributed by atoms with Gasteiger partial charge < -0.3 is 0 Å². The van der Waals surface area contributed by atoms with Crippen molar-refractivity contribution in [2.45, 2.75) is 0 Å². The Balaban J connectivity index is 2.00. The van der Waals surface area contributed by atoms with E-state index in [0.29, 0.717) is 4.80 Å². The highest BCUT2D eigenvalue weighted by Crippen LogP contribution is 2.20. The first-order chi connectivity index (χ1) is 12.8. The summed E-state index contributed by atoms with van der Waals surface area (Å²) in [5.41, 5.74) is 2.55. The zero-order valence-corrected chi connectivity index (χ0v) is 14.8. The Morgan fingerprint density at radius 1 is 0.731 bits per heavy atom. The Hall–Kier alpha value is -3.24. The van der Waals surface area contributed by atoms with E-state index < -0.39 is 0 Å². The number of hydrogen-bond donors (Lipinski definition) is 0. The first-order valence-electron chi connectivity index (χ1n) is 8.29. The Morgan fingerprint density at radius 3 is 1.96 bits per heavy atom. The van der Waals surface area contributed by atoms with Crippen LogP contribution in [-0.4, -0.2) is 4.57 Å². The van der Waals surface area contributed by atoms with E-state index >= 15 is 0 Å². The minimum absolute atomic E-state index is 0.0940. The second-order valence-electron chi connectivity index (χ2n) is 5.72. The molecule has 0 aliphatic heterocycles. The molecule has 0 aliphatic rings. The number of rotatable bonds is 3. The van der Waals surface area contributed by atoms with Crippen molar-refractivity contribution in [1.29, 1.82) is 0 Å². The van der Waals surface area contributed by atoms with Gasteiger partial charge in [0.1, 0.15) is 0 Å². The summed E-state index contributed by atoms with van der Waals surface area (Å²) < 4.78 is 1.66. The van der Waals surface area contributed by atoms with E-state index in [0.717, 1.165) is 21.8 Å². The lowest BCUT2D eigenvalue weighted by Gasteiger charge is -2.08. The van der Waals surface area contributed by atoms with Crippen LogP contribution in [-0.2, 0) is 0 Å². The fraction of sp³-hybridized carbons (Fsp3) is 0. The minimum Gasteiger partial charge on any atom is -0.269 e. The van der Waals surface area contributed by atoms with Crippen LogP contribution in [0.1, 0.15) is 0 Å². The quantitative estimate of drug-likeness (QED) is 0.519. The van der Waals surface area contributed by atoms with Gasteiger partial charge in [-0.1, -0.05) is 78.1 Å². The summed E-state index contributed by atoms with van der Waals surface area (Å²) >= 11 is 1.50.